The average Bonchev–Trinajstić information content (AvgIpc) is 2.72. The largest absolute Gasteiger partial charge is 0.480 e. The fraction of sp³-hybridized carbons (Fsp3) is 0.273. The van der Waals surface area contributed by atoms with Gasteiger partial charge in [-0.2, -0.15) is 0 Å². The van der Waals surface area contributed by atoms with Crippen molar-refractivity contribution < 1.29 is 29.0 Å². The lowest BCUT2D eigenvalue weighted by molar-refractivity contribution is -0.144. The fourth-order valence-electron chi connectivity index (χ4n) is 2.70. The number of carboxylic acids is 1. The molecule has 1 atom stereocenters. The molecule has 29 heavy (non-hydrogen) atoms. The van der Waals surface area contributed by atoms with Crippen LogP contribution in [-0.4, -0.2) is 41.4 Å². The molecule has 1 amide bonds. The number of hydrogen-bond acceptors (Lipinski definition) is 5. The summed E-state index contributed by atoms with van der Waals surface area (Å²) < 4.78 is 4.74. The van der Waals surface area contributed by atoms with E-state index in [0.717, 1.165) is 0 Å². The normalized spacial score (nSPS) is 11.3. The van der Waals surface area contributed by atoms with Crippen LogP contribution in [0.1, 0.15) is 41.3 Å². The lowest BCUT2D eigenvalue weighted by Crippen LogP contribution is -2.42. The lowest BCUT2D eigenvalue weighted by atomic mass is 9.99. The molecule has 0 fully saturated rings. The SMILES string of the molecule is CCOC(=O)CCC(=O)N[C@H](Cc1ccc(C(=O)c2ccccc2)cc1)C(=O)O. The zero-order chi connectivity index (χ0) is 21.2. The van der Waals surface area contributed by atoms with Gasteiger partial charge in [0.05, 0.1) is 13.0 Å². The van der Waals surface area contributed by atoms with Gasteiger partial charge in [-0.05, 0) is 12.5 Å². The average molecular weight is 397 g/mol. The van der Waals surface area contributed by atoms with Gasteiger partial charge in [-0.3, -0.25) is 14.4 Å². The van der Waals surface area contributed by atoms with Crippen LogP contribution < -0.4 is 5.32 Å². The minimum Gasteiger partial charge on any atom is -0.480 e. The molecule has 2 rings (SSSR count). The molecule has 2 N–H and O–H groups in total. The smallest absolute Gasteiger partial charge is 0.326 e. The first kappa shape index (κ1) is 21.8. The minimum absolute atomic E-state index is 0.0558. The van der Waals surface area contributed by atoms with E-state index < -0.39 is 23.9 Å². The van der Waals surface area contributed by atoms with Gasteiger partial charge in [0.25, 0.3) is 0 Å². The lowest BCUT2D eigenvalue weighted by Gasteiger charge is -2.15. The standard InChI is InChI=1S/C22H23NO6/c1-2-29-20(25)13-12-19(24)23-18(22(27)28)14-15-8-10-17(11-9-15)21(26)16-6-4-3-5-7-16/h3-11,18H,2,12-14H2,1H3,(H,23,24)(H,27,28)/t18-/m1/s1. The van der Waals surface area contributed by atoms with E-state index in [-0.39, 0.29) is 31.7 Å². The maximum atomic E-state index is 12.4. The highest BCUT2D eigenvalue weighted by Gasteiger charge is 2.21. The Morgan fingerprint density at radius 1 is 0.931 bits per heavy atom. The fourth-order valence-corrected chi connectivity index (χ4v) is 2.70. The molecule has 0 unspecified atom stereocenters. The molecule has 2 aromatic rings. The third-order valence-electron chi connectivity index (χ3n) is 4.19. The molecule has 0 spiro atoms. The Balaban J connectivity index is 1.96. The molecule has 152 valence electrons. The Morgan fingerprint density at radius 3 is 2.14 bits per heavy atom. The maximum Gasteiger partial charge on any atom is 0.326 e. The summed E-state index contributed by atoms with van der Waals surface area (Å²) in [5.74, 6) is -2.35. The predicted molar refractivity (Wildman–Crippen MR) is 105 cm³/mol. The topological polar surface area (TPSA) is 110 Å². The van der Waals surface area contributed by atoms with Crippen LogP contribution >= 0.6 is 0 Å². The summed E-state index contributed by atoms with van der Waals surface area (Å²) in [4.78, 5) is 47.1. The Morgan fingerprint density at radius 2 is 1.55 bits per heavy atom. The van der Waals surface area contributed by atoms with Crippen molar-refractivity contribution in [1.29, 1.82) is 0 Å². The molecule has 0 bridgehead atoms. The van der Waals surface area contributed by atoms with E-state index in [1.165, 1.54) is 0 Å². The summed E-state index contributed by atoms with van der Waals surface area (Å²) in [5, 5.41) is 11.8. The van der Waals surface area contributed by atoms with Gasteiger partial charge >= 0.3 is 11.9 Å². The first-order chi connectivity index (χ1) is 13.9. The minimum atomic E-state index is -1.18. The number of carboxylic acid groups (broad SMARTS) is 1. The van der Waals surface area contributed by atoms with Gasteiger partial charge in [0.2, 0.25) is 5.91 Å². The van der Waals surface area contributed by atoms with Gasteiger partial charge in [0, 0.05) is 24.0 Å². The van der Waals surface area contributed by atoms with Crippen LogP contribution in [0.5, 0.6) is 0 Å². The van der Waals surface area contributed by atoms with Crippen LogP contribution in [0.25, 0.3) is 0 Å². The first-order valence-corrected chi connectivity index (χ1v) is 9.27. The number of ether oxygens (including phenoxy) is 1. The number of amides is 1. The van der Waals surface area contributed by atoms with Crippen LogP contribution in [0.2, 0.25) is 0 Å². The van der Waals surface area contributed by atoms with Gasteiger partial charge in [-0.15, -0.1) is 0 Å². The summed E-state index contributed by atoms with van der Waals surface area (Å²) in [7, 11) is 0. The molecule has 0 saturated heterocycles. The van der Waals surface area contributed by atoms with E-state index in [9.17, 15) is 24.3 Å². The molecular weight excluding hydrogens is 374 g/mol. The summed E-state index contributed by atoms with van der Waals surface area (Å²) in [6.45, 7) is 1.89. The summed E-state index contributed by atoms with van der Waals surface area (Å²) in [6, 6.07) is 14.3. The zero-order valence-corrected chi connectivity index (χ0v) is 16.1. The van der Waals surface area contributed by atoms with Gasteiger partial charge in [-0.25, -0.2) is 4.79 Å². The highest BCUT2D eigenvalue weighted by atomic mass is 16.5. The number of nitrogens with one attached hydrogen (secondary N) is 1. The van der Waals surface area contributed by atoms with Crippen molar-refractivity contribution >= 4 is 23.6 Å². The molecule has 0 saturated carbocycles. The number of carbonyl (C=O) groups excluding carboxylic acids is 3. The third kappa shape index (κ3) is 6.88. The molecule has 0 heterocycles. The van der Waals surface area contributed by atoms with Crippen LogP contribution in [-0.2, 0) is 25.5 Å². The Bertz CT molecular complexity index is 861. The summed E-state index contributed by atoms with van der Waals surface area (Å²) >= 11 is 0. The number of esters is 1. The highest BCUT2D eigenvalue weighted by molar-refractivity contribution is 6.08. The second kappa shape index (κ2) is 10.8. The van der Waals surface area contributed by atoms with Gasteiger partial charge < -0.3 is 15.2 Å². The van der Waals surface area contributed by atoms with Crippen molar-refractivity contribution in [2.24, 2.45) is 0 Å². The van der Waals surface area contributed by atoms with E-state index >= 15 is 0 Å². The zero-order valence-electron chi connectivity index (χ0n) is 16.1. The van der Waals surface area contributed by atoms with Crippen molar-refractivity contribution in [1.82, 2.24) is 5.32 Å². The Hall–Kier alpha value is -3.48. The molecule has 0 radical (unpaired) electrons. The number of rotatable bonds is 10. The summed E-state index contributed by atoms with van der Waals surface area (Å²) in [5.41, 5.74) is 1.72. The second-order valence-corrected chi connectivity index (χ2v) is 6.36. The number of aliphatic carboxylic acids is 1. The quantitative estimate of drug-likeness (QED) is 0.470. The van der Waals surface area contributed by atoms with E-state index in [2.05, 4.69) is 5.32 Å². The molecule has 7 heteroatoms. The van der Waals surface area contributed by atoms with Crippen LogP contribution in [0.15, 0.2) is 54.6 Å². The first-order valence-electron chi connectivity index (χ1n) is 9.27. The van der Waals surface area contributed by atoms with Crippen LogP contribution in [0, 0.1) is 0 Å². The van der Waals surface area contributed by atoms with E-state index in [4.69, 9.17) is 4.74 Å². The molecular formula is C22H23NO6. The van der Waals surface area contributed by atoms with Crippen molar-refractivity contribution in [2.75, 3.05) is 6.61 Å². The number of ketones is 1. The third-order valence-corrected chi connectivity index (χ3v) is 4.19. The van der Waals surface area contributed by atoms with Gasteiger partial charge in [-0.1, -0.05) is 54.6 Å². The Kier molecular flexibility index (Phi) is 8.09. The molecule has 0 aromatic heterocycles. The van der Waals surface area contributed by atoms with Crippen LogP contribution in [0.4, 0.5) is 0 Å². The second-order valence-electron chi connectivity index (χ2n) is 6.36. The van der Waals surface area contributed by atoms with E-state index in [1.54, 1.807) is 55.5 Å². The molecule has 2 aromatic carbocycles. The van der Waals surface area contributed by atoms with E-state index in [1.807, 2.05) is 6.07 Å². The van der Waals surface area contributed by atoms with Crippen molar-refractivity contribution in [3.8, 4) is 0 Å². The van der Waals surface area contributed by atoms with Gasteiger partial charge in [0.15, 0.2) is 5.78 Å². The number of carbonyl (C=O) groups is 4. The Labute approximate surface area is 168 Å². The van der Waals surface area contributed by atoms with E-state index in [0.29, 0.717) is 16.7 Å². The molecule has 0 aliphatic rings. The van der Waals surface area contributed by atoms with Gasteiger partial charge in [0.1, 0.15) is 6.04 Å². The van der Waals surface area contributed by atoms with Crippen molar-refractivity contribution in [3.63, 3.8) is 0 Å². The molecule has 0 aliphatic heterocycles. The maximum absolute atomic E-state index is 12.4. The predicted octanol–water partition coefficient (Wildman–Crippen LogP) is 2.37. The molecule has 7 nitrogen and oxygen atoms in total. The highest BCUT2D eigenvalue weighted by Crippen LogP contribution is 2.12. The molecule has 0 aliphatic carbocycles. The number of hydrogen-bond donors (Lipinski definition) is 2. The summed E-state index contributed by atoms with van der Waals surface area (Å²) in [6.07, 6.45) is -0.199. The van der Waals surface area contributed by atoms with Crippen LogP contribution in [0.3, 0.4) is 0 Å². The van der Waals surface area contributed by atoms with Crippen molar-refractivity contribution in [3.05, 3.63) is 71.3 Å². The number of benzene rings is 2. The van der Waals surface area contributed by atoms with Crippen molar-refractivity contribution in [2.45, 2.75) is 32.2 Å². The monoisotopic (exact) mass is 397 g/mol.